The lowest BCUT2D eigenvalue weighted by Gasteiger charge is -2.09. The summed E-state index contributed by atoms with van der Waals surface area (Å²) in [5.41, 5.74) is 0.899. The molecule has 0 amide bonds. The van der Waals surface area contributed by atoms with Gasteiger partial charge in [0, 0.05) is 11.6 Å². The zero-order valence-electron chi connectivity index (χ0n) is 14.7. The van der Waals surface area contributed by atoms with Gasteiger partial charge in [0.15, 0.2) is 0 Å². The molecule has 0 aliphatic rings. The van der Waals surface area contributed by atoms with E-state index < -0.39 is 19.9 Å². The highest BCUT2D eigenvalue weighted by Crippen LogP contribution is 2.23. The smallest absolute Gasteiger partial charge is 0.219 e. The van der Waals surface area contributed by atoms with Gasteiger partial charge in [-0.3, -0.25) is 0 Å². The molecule has 0 aliphatic heterocycles. The number of hydrogen-bond acceptors (Lipinski definition) is 4. The molecule has 0 aliphatic carbocycles. The molecule has 3 aromatic carbocycles. The largest absolute Gasteiger partial charge is 0.240 e. The molecule has 0 spiro atoms. The Kier molecular flexibility index (Phi) is 6.20. The third-order valence-corrected chi connectivity index (χ3v) is 7.54. The average molecular weight is 436 g/mol. The van der Waals surface area contributed by atoms with Gasteiger partial charge in [-0.05, 0) is 54.4 Å². The molecular weight excluding hydrogens is 418 g/mol. The first-order valence-corrected chi connectivity index (χ1v) is 11.8. The minimum Gasteiger partial charge on any atom is -0.219 e. The van der Waals surface area contributed by atoms with E-state index in [-0.39, 0.29) is 21.2 Å². The molecule has 146 valence electrons. The Morgan fingerprint density at radius 2 is 1.36 bits per heavy atom. The van der Waals surface area contributed by atoms with Crippen LogP contribution in [-0.2, 0) is 26.3 Å². The Morgan fingerprint density at radius 3 is 2.07 bits per heavy atom. The maximum atomic E-state index is 12.7. The molecule has 28 heavy (non-hydrogen) atoms. The fraction of sp³-hybridized carbons (Fsp3) is 0.100. The van der Waals surface area contributed by atoms with E-state index in [1.54, 1.807) is 36.4 Å². The van der Waals surface area contributed by atoms with Crippen LogP contribution in [0.25, 0.3) is 0 Å². The van der Waals surface area contributed by atoms with Crippen LogP contribution < -0.4 is 4.72 Å². The van der Waals surface area contributed by atoms with E-state index in [0.29, 0.717) is 11.4 Å². The molecule has 0 fully saturated rings. The van der Waals surface area contributed by atoms with Gasteiger partial charge in [0.25, 0.3) is 0 Å². The van der Waals surface area contributed by atoms with Crippen molar-refractivity contribution in [2.75, 3.05) is 6.54 Å². The van der Waals surface area contributed by atoms with Crippen LogP contribution in [0.15, 0.2) is 93.5 Å². The number of rotatable bonds is 7. The van der Waals surface area contributed by atoms with E-state index >= 15 is 0 Å². The Bertz CT molecular complexity index is 1180. The molecule has 0 heterocycles. The first kappa shape index (κ1) is 20.5. The molecule has 0 saturated heterocycles. The molecule has 0 saturated carbocycles. The average Bonchev–Trinajstić information content (AvgIpc) is 2.69. The fourth-order valence-corrected chi connectivity index (χ4v) is 5.34. The quantitative estimate of drug-likeness (QED) is 0.613. The maximum absolute atomic E-state index is 12.7. The van der Waals surface area contributed by atoms with Crippen LogP contribution in [0.4, 0.5) is 0 Å². The van der Waals surface area contributed by atoms with E-state index in [4.69, 9.17) is 11.6 Å². The van der Waals surface area contributed by atoms with Gasteiger partial charge in [-0.2, -0.15) is 0 Å². The van der Waals surface area contributed by atoms with Gasteiger partial charge in [0.2, 0.25) is 19.9 Å². The minimum absolute atomic E-state index is 0.0728. The summed E-state index contributed by atoms with van der Waals surface area (Å²) in [5, 5.41) is 0.583. The van der Waals surface area contributed by atoms with Crippen LogP contribution in [-0.4, -0.2) is 23.4 Å². The van der Waals surface area contributed by atoms with E-state index in [9.17, 15) is 16.8 Å². The highest BCUT2D eigenvalue weighted by molar-refractivity contribution is 7.91. The topological polar surface area (TPSA) is 80.3 Å². The number of benzene rings is 3. The first-order chi connectivity index (χ1) is 13.3. The second kappa shape index (κ2) is 8.45. The molecule has 0 aromatic heterocycles. The van der Waals surface area contributed by atoms with Crippen LogP contribution in [0, 0.1) is 0 Å². The number of halogens is 1. The molecule has 0 radical (unpaired) electrons. The van der Waals surface area contributed by atoms with Gasteiger partial charge >= 0.3 is 0 Å². The number of nitrogens with one attached hydrogen (secondary N) is 1. The third-order valence-electron chi connectivity index (χ3n) is 4.07. The maximum Gasteiger partial charge on any atom is 0.240 e. The van der Waals surface area contributed by atoms with Crippen LogP contribution in [0.1, 0.15) is 5.56 Å². The van der Waals surface area contributed by atoms with Gasteiger partial charge < -0.3 is 0 Å². The predicted molar refractivity (Wildman–Crippen MR) is 109 cm³/mol. The van der Waals surface area contributed by atoms with Crippen molar-refractivity contribution in [3.63, 3.8) is 0 Å². The second-order valence-electron chi connectivity index (χ2n) is 6.07. The Hall–Kier alpha value is -2.19. The van der Waals surface area contributed by atoms with E-state index in [1.165, 1.54) is 36.4 Å². The van der Waals surface area contributed by atoms with Crippen molar-refractivity contribution >= 4 is 31.5 Å². The first-order valence-electron chi connectivity index (χ1n) is 8.43. The van der Waals surface area contributed by atoms with Crippen LogP contribution >= 0.6 is 11.6 Å². The number of sulfone groups is 1. The third kappa shape index (κ3) is 4.80. The summed E-state index contributed by atoms with van der Waals surface area (Å²) in [6, 6.07) is 20.4. The standard InChI is InChI=1S/C20H18ClNO4S2/c21-17-7-4-6-16(14-17)12-13-22-28(25,26)20-11-5-10-19(15-20)27(23,24)18-8-2-1-3-9-18/h1-11,14-15,22H,12-13H2. The van der Waals surface area contributed by atoms with Crippen LogP contribution in [0.5, 0.6) is 0 Å². The zero-order valence-corrected chi connectivity index (χ0v) is 17.1. The van der Waals surface area contributed by atoms with Crippen molar-refractivity contribution in [1.29, 1.82) is 0 Å². The Morgan fingerprint density at radius 1 is 0.714 bits per heavy atom. The summed E-state index contributed by atoms with van der Waals surface area (Å²) in [6.45, 7) is 0.165. The lowest BCUT2D eigenvalue weighted by molar-refractivity contribution is 0.581. The van der Waals surface area contributed by atoms with Crippen molar-refractivity contribution < 1.29 is 16.8 Å². The van der Waals surface area contributed by atoms with Crippen LogP contribution in [0.2, 0.25) is 5.02 Å². The normalized spacial score (nSPS) is 12.0. The summed E-state index contributed by atoms with van der Waals surface area (Å²) in [6.07, 6.45) is 0.460. The van der Waals surface area contributed by atoms with Crippen molar-refractivity contribution in [2.45, 2.75) is 21.1 Å². The molecule has 3 rings (SSSR count). The monoisotopic (exact) mass is 435 g/mol. The molecule has 5 nitrogen and oxygen atoms in total. The highest BCUT2D eigenvalue weighted by atomic mass is 35.5. The van der Waals surface area contributed by atoms with Crippen molar-refractivity contribution in [2.24, 2.45) is 0 Å². The molecule has 1 N–H and O–H groups in total. The number of hydrogen-bond donors (Lipinski definition) is 1. The SMILES string of the molecule is O=S(=O)(NCCc1cccc(Cl)c1)c1cccc(S(=O)(=O)c2ccccc2)c1. The number of sulfonamides is 1. The van der Waals surface area contributed by atoms with Gasteiger partial charge in [0.05, 0.1) is 14.7 Å². The van der Waals surface area contributed by atoms with Crippen molar-refractivity contribution in [1.82, 2.24) is 4.72 Å². The van der Waals surface area contributed by atoms with E-state index in [1.807, 2.05) is 6.07 Å². The summed E-state index contributed by atoms with van der Waals surface area (Å²) >= 11 is 5.92. The lowest BCUT2D eigenvalue weighted by atomic mass is 10.2. The summed E-state index contributed by atoms with van der Waals surface area (Å²) in [5.74, 6) is 0. The molecule has 8 heteroatoms. The minimum atomic E-state index is -3.85. The van der Waals surface area contributed by atoms with E-state index in [2.05, 4.69) is 4.72 Å². The highest BCUT2D eigenvalue weighted by Gasteiger charge is 2.21. The molecule has 3 aromatic rings. The van der Waals surface area contributed by atoms with Crippen LogP contribution in [0.3, 0.4) is 0 Å². The van der Waals surface area contributed by atoms with Gasteiger partial charge in [-0.15, -0.1) is 0 Å². The molecular formula is C20H18ClNO4S2. The van der Waals surface area contributed by atoms with Gasteiger partial charge in [-0.1, -0.05) is 48.0 Å². The zero-order chi connectivity index (χ0) is 20.2. The molecule has 0 unspecified atom stereocenters. The van der Waals surface area contributed by atoms with Crippen molar-refractivity contribution in [3.05, 3.63) is 89.4 Å². The van der Waals surface area contributed by atoms with Gasteiger partial charge in [0.1, 0.15) is 0 Å². The fourth-order valence-electron chi connectivity index (χ4n) is 2.65. The van der Waals surface area contributed by atoms with Gasteiger partial charge in [-0.25, -0.2) is 21.6 Å². The summed E-state index contributed by atoms with van der Waals surface area (Å²) in [4.78, 5) is -0.0644. The summed E-state index contributed by atoms with van der Waals surface area (Å²) in [7, 11) is -7.65. The van der Waals surface area contributed by atoms with E-state index in [0.717, 1.165) is 5.56 Å². The lowest BCUT2D eigenvalue weighted by Crippen LogP contribution is -2.26. The summed E-state index contributed by atoms with van der Waals surface area (Å²) < 4.78 is 53.1. The second-order valence-corrected chi connectivity index (χ2v) is 10.2. The Balaban J connectivity index is 1.79. The molecule has 0 bridgehead atoms. The molecule has 0 atom stereocenters. The Labute approximate surface area is 170 Å². The predicted octanol–water partition coefficient (Wildman–Crippen LogP) is 3.69. The van der Waals surface area contributed by atoms with Crippen molar-refractivity contribution in [3.8, 4) is 0 Å².